The molecule has 0 saturated heterocycles. The number of aromatic nitrogens is 1. The van der Waals surface area contributed by atoms with Crippen LogP contribution in [0.25, 0.3) is 10.9 Å². The van der Waals surface area contributed by atoms with Gasteiger partial charge in [0.2, 0.25) is 5.91 Å². The number of carbonyl (C=O) groups excluding carboxylic acids is 3. The van der Waals surface area contributed by atoms with Crippen molar-refractivity contribution in [2.24, 2.45) is 0 Å². The minimum Gasteiger partial charge on any atom is -0.481 e. The third kappa shape index (κ3) is 5.36. The average Bonchev–Trinajstić information content (AvgIpc) is 3.12. The zero-order valence-corrected chi connectivity index (χ0v) is 16.9. The van der Waals surface area contributed by atoms with E-state index in [0.717, 1.165) is 16.5 Å². The molecule has 2 atom stereocenters. The second kappa shape index (κ2) is 9.71. The lowest BCUT2D eigenvalue weighted by Crippen LogP contribution is -2.49. The van der Waals surface area contributed by atoms with Crippen LogP contribution in [0.1, 0.15) is 29.4 Å². The normalized spacial score (nSPS) is 12.7. The van der Waals surface area contributed by atoms with Crippen molar-refractivity contribution < 1.29 is 24.3 Å². The van der Waals surface area contributed by atoms with E-state index in [0.29, 0.717) is 18.5 Å². The second-order valence-electron chi connectivity index (χ2n) is 7.20. The van der Waals surface area contributed by atoms with Crippen molar-refractivity contribution >= 4 is 35.0 Å². The lowest BCUT2D eigenvalue weighted by atomic mass is 10.2. The maximum Gasteiger partial charge on any atom is 0.305 e. The first-order valence-electron chi connectivity index (χ1n) is 9.79. The lowest BCUT2D eigenvalue weighted by molar-refractivity contribution is -0.138. The second-order valence-corrected chi connectivity index (χ2v) is 7.20. The van der Waals surface area contributed by atoms with E-state index in [1.54, 1.807) is 6.07 Å². The van der Waals surface area contributed by atoms with Gasteiger partial charge in [0.25, 0.3) is 5.91 Å². The monoisotopic (exact) mass is 421 g/mol. The molecule has 0 unspecified atom stereocenters. The molecule has 160 valence electrons. The maximum atomic E-state index is 13.0. The molecule has 31 heavy (non-hydrogen) atoms. The number of hydrogen-bond donors (Lipinski definition) is 3. The molecule has 0 fully saturated rings. The number of aliphatic carboxylic acids is 1. The van der Waals surface area contributed by atoms with E-state index in [1.807, 2.05) is 59.2 Å². The number of fused-ring (bicyclic) bond motifs is 1. The Balaban J connectivity index is 1.80. The smallest absolute Gasteiger partial charge is 0.305 e. The number of carboxylic acid groups (broad SMARTS) is 1. The summed E-state index contributed by atoms with van der Waals surface area (Å²) in [6.45, 7) is 1.95. The molecule has 3 rings (SSSR count). The highest BCUT2D eigenvalue weighted by atomic mass is 16.4. The zero-order valence-electron chi connectivity index (χ0n) is 16.9. The number of carboxylic acids is 1. The fourth-order valence-electron chi connectivity index (χ4n) is 3.30. The molecule has 8 heteroatoms. The molecule has 2 aromatic carbocycles. The molecule has 0 aliphatic carbocycles. The highest BCUT2D eigenvalue weighted by Gasteiger charge is 2.23. The lowest BCUT2D eigenvalue weighted by Gasteiger charge is -2.17. The third-order valence-electron chi connectivity index (χ3n) is 4.85. The van der Waals surface area contributed by atoms with E-state index in [9.17, 15) is 19.2 Å². The summed E-state index contributed by atoms with van der Waals surface area (Å²) in [6.07, 6.45) is -0.167. The fourth-order valence-corrected chi connectivity index (χ4v) is 3.30. The summed E-state index contributed by atoms with van der Waals surface area (Å²) in [7, 11) is 0. The number of nitrogens with zero attached hydrogens (tertiary/aromatic N) is 1. The van der Waals surface area contributed by atoms with Crippen molar-refractivity contribution in [3.05, 3.63) is 71.9 Å². The summed E-state index contributed by atoms with van der Waals surface area (Å²) in [5.74, 6) is -2.30. The summed E-state index contributed by atoms with van der Waals surface area (Å²) in [4.78, 5) is 47.1. The number of carbonyl (C=O) groups is 4. The Hall–Kier alpha value is -3.94. The average molecular weight is 421 g/mol. The van der Waals surface area contributed by atoms with Crippen LogP contribution in [0.5, 0.6) is 0 Å². The zero-order chi connectivity index (χ0) is 22.4. The maximum absolute atomic E-state index is 13.0. The van der Waals surface area contributed by atoms with Crippen LogP contribution < -0.4 is 10.6 Å². The molecule has 0 aliphatic heterocycles. The van der Waals surface area contributed by atoms with Gasteiger partial charge in [-0.15, -0.1) is 0 Å². The van der Waals surface area contributed by atoms with Crippen molar-refractivity contribution in [3.63, 3.8) is 0 Å². The van der Waals surface area contributed by atoms with Crippen molar-refractivity contribution in [2.75, 3.05) is 0 Å². The summed E-state index contributed by atoms with van der Waals surface area (Å²) in [5, 5.41) is 14.6. The molecule has 0 bridgehead atoms. The first-order chi connectivity index (χ1) is 14.9. The van der Waals surface area contributed by atoms with Crippen LogP contribution >= 0.6 is 0 Å². The molecule has 0 radical (unpaired) electrons. The molecule has 8 nitrogen and oxygen atoms in total. The number of benzene rings is 2. The van der Waals surface area contributed by atoms with Crippen LogP contribution in [0.2, 0.25) is 0 Å². The largest absolute Gasteiger partial charge is 0.481 e. The number of rotatable bonds is 9. The van der Waals surface area contributed by atoms with Crippen LogP contribution in [0, 0.1) is 0 Å². The van der Waals surface area contributed by atoms with E-state index < -0.39 is 36.3 Å². The number of hydrogen-bond acceptors (Lipinski definition) is 4. The molecule has 3 N–H and O–H groups in total. The highest BCUT2D eigenvalue weighted by Crippen LogP contribution is 2.21. The van der Waals surface area contributed by atoms with Gasteiger partial charge in [0.1, 0.15) is 18.0 Å². The Morgan fingerprint density at radius 2 is 1.71 bits per heavy atom. The Morgan fingerprint density at radius 1 is 1.03 bits per heavy atom. The number of aldehydes is 1. The Morgan fingerprint density at radius 3 is 2.39 bits per heavy atom. The van der Waals surface area contributed by atoms with E-state index in [-0.39, 0.29) is 0 Å². The van der Waals surface area contributed by atoms with E-state index >= 15 is 0 Å². The molecule has 0 spiro atoms. The molecular formula is C23H23N3O5. The van der Waals surface area contributed by atoms with Gasteiger partial charge in [-0.2, -0.15) is 0 Å². The topological polar surface area (TPSA) is 118 Å². The van der Waals surface area contributed by atoms with Gasteiger partial charge in [-0.05, 0) is 24.6 Å². The number of amides is 2. The Kier molecular flexibility index (Phi) is 6.81. The standard InChI is InChI=1S/C23H23N3O5/c1-15(22(30)25-18(14-27)12-21(28)29)24-23(31)20-11-17-9-5-6-10-19(17)26(20)13-16-7-3-2-4-8-16/h2-11,14-15,18H,12-13H2,1H3,(H,24,31)(H,25,30)(H,28,29)/t15-,18-/m0/s1. The molecule has 0 aliphatic rings. The molecule has 1 heterocycles. The minimum absolute atomic E-state index is 0.359. The minimum atomic E-state index is -1.21. The van der Waals surface area contributed by atoms with Gasteiger partial charge in [-0.1, -0.05) is 48.5 Å². The molecule has 0 saturated carbocycles. The Bertz CT molecular complexity index is 1110. The van der Waals surface area contributed by atoms with Gasteiger partial charge in [-0.3, -0.25) is 14.4 Å². The van der Waals surface area contributed by atoms with Gasteiger partial charge in [-0.25, -0.2) is 0 Å². The van der Waals surface area contributed by atoms with Crippen LogP contribution in [-0.2, 0) is 20.9 Å². The van der Waals surface area contributed by atoms with Gasteiger partial charge < -0.3 is 25.1 Å². The fraction of sp³-hybridized carbons (Fsp3) is 0.217. The van der Waals surface area contributed by atoms with Gasteiger partial charge in [0.05, 0.1) is 12.5 Å². The van der Waals surface area contributed by atoms with Crippen LogP contribution in [0.4, 0.5) is 0 Å². The van der Waals surface area contributed by atoms with E-state index in [1.165, 1.54) is 6.92 Å². The summed E-state index contributed by atoms with van der Waals surface area (Å²) >= 11 is 0. The van der Waals surface area contributed by atoms with Crippen molar-refractivity contribution in [1.29, 1.82) is 0 Å². The van der Waals surface area contributed by atoms with Crippen molar-refractivity contribution in [1.82, 2.24) is 15.2 Å². The van der Waals surface area contributed by atoms with Gasteiger partial charge >= 0.3 is 5.97 Å². The Labute approximate surface area is 178 Å². The first-order valence-corrected chi connectivity index (χ1v) is 9.79. The van der Waals surface area contributed by atoms with Gasteiger partial charge in [0.15, 0.2) is 0 Å². The van der Waals surface area contributed by atoms with Crippen LogP contribution in [0.3, 0.4) is 0 Å². The summed E-state index contributed by atoms with van der Waals surface area (Å²) in [5.41, 5.74) is 2.30. The number of para-hydroxylation sites is 1. The van der Waals surface area contributed by atoms with Crippen LogP contribution in [0.15, 0.2) is 60.7 Å². The van der Waals surface area contributed by atoms with Gasteiger partial charge in [0, 0.05) is 17.4 Å². The van der Waals surface area contributed by atoms with E-state index in [4.69, 9.17) is 5.11 Å². The third-order valence-corrected chi connectivity index (χ3v) is 4.85. The van der Waals surface area contributed by atoms with Crippen LogP contribution in [-0.4, -0.2) is 45.8 Å². The molecule has 1 aromatic heterocycles. The number of nitrogens with one attached hydrogen (secondary N) is 2. The first kappa shape index (κ1) is 21.8. The summed E-state index contributed by atoms with van der Waals surface area (Å²) in [6, 6.07) is 16.9. The quantitative estimate of drug-likeness (QED) is 0.457. The van der Waals surface area contributed by atoms with Crippen molar-refractivity contribution in [3.8, 4) is 0 Å². The van der Waals surface area contributed by atoms with E-state index in [2.05, 4.69) is 10.6 Å². The summed E-state index contributed by atoms with van der Waals surface area (Å²) < 4.78 is 1.88. The molecule has 3 aromatic rings. The molecule has 2 amide bonds. The molecular weight excluding hydrogens is 398 g/mol. The SMILES string of the molecule is C[C@H](NC(=O)c1cc2ccccc2n1Cc1ccccc1)C(=O)N[C@H](C=O)CC(=O)O. The predicted octanol–water partition coefficient (Wildman–Crippen LogP) is 1.97. The highest BCUT2D eigenvalue weighted by molar-refractivity contribution is 6.01. The predicted molar refractivity (Wildman–Crippen MR) is 115 cm³/mol. The van der Waals surface area contributed by atoms with Crippen molar-refractivity contribution in [2.45, 2.75) is 32.0 Å².